The van der Waals surface area contributed by atoms with Crippen molar-refractivity contribution in [1.29, 1.82) is 0 Å². The molecule has 1 aliphatic rings. The largest absolute Gasteiger partial charge is 0.368 e. The molecule has 138 valence electrons. The van der Waals surface area contributed by atoms with Crippen LogP contribution in [0, 0.1) is 0 Å². The van der Waals surface area contributed by atoms with Crippen LogP contribution in [0.25, 0.3) is 0 Å². The molecule has 0 bridgehead atoms. The molecule has 1 unspecified atom stereocenters. The Morgan fingerprint density at radius 2 is 2.19 bits per heavy atom. The summed E-state index contributed by atoms with van der Waals surface area (Å²) in [7, 11) is 0. The summed E-state index contributed by atoms with van der Waals surface area (Å²) in [6.45, 7) is 2.26. The van der Waals surface area contributed by atoms with Gasteiger partial charge in [0.2, 0.25) is 11.8 Å². The fourth-order valence-electron chi connectivity index (χ4n) is 3.38. The summed E-state index contributed by atoms with van der Waals surface area (Å²) in [5, 5.41) is 7.07. The van der Waals surface area contributed by atoms with E-state index in [4.69, 9.17) is 5.73 Å². The SMILES string of the molecule is NC(=O)C1CCCN1Cc1cccc(NC(=O)CCCn2cccn2)c1. The average Bonchev–Trinajstić information content (AvgIpc) is 3.27. The minimum absolute atomic E-state index is 0.00880. The predicted octanol–water partition coefficient (Wildman–Crippen LogP) is 1.75. The highest BCUT2D eigenvalue weighted by molar-refractivity contribution is 5.90. The molecule has 1 atom stereocenters. The second kappa shape index (κ2) is 8.62. The van der Waals surface area contributed by atoms with Crippen molar-refractivity contribution in [3.63, 3.8) is 0 Å². The molecule has 1 aliphatic heterocycles. The van der Waals surface area contributed by atoms with E-state index in [1.807, 2.05) is 41.2 Å². The summed E-state index contributed by atoms with van der Waals surface area (Å²) in [6, 6.07) is 9.45. The zero-order valence-corrected chi connectivity index (χ0v) is 14.8. The number of nitrogens with two attached hydrogens (primary N) is 1. The maximum atomic E-state index is 12.1. The molecule has 26 heavy (non-hydrogen) atoms. The monoisotopic (exact) mass is 355 g/mol. The molecule has 0 aliphatic carbocycles. The summed E-state index contributed by atoms with van der Waals surface area (Å²) in [5.41, 5.74) is 7.32. The number of benzene rings is 1. The number of carbonyl (C=O) groups is 2. The van der Waals surface area contributed by atoms with Crippen molar-refractivity contribution in [2.75, 3.05) is 11.9 Å². The van der Waals surface area contributed by atoms with Crippen LogP contribution in [0.1, 0.15) is 31.2 Å². The normalized spacial score (nSPS) is 17.3. The number of hydrogen-bond acceptors (Lipinski definition) is 4. The van der Waals surface area contributed by atoms with Gasteiger partial charge in [-0.15, -0.1) is 0 Å². The maximum Gasteiger partial charge on any atom is 0.234 e. The van der Waals surface area contributed by atoms with Gasteiger partial charge in [-0.3, -0.25) is 19.2 Å². The van der Waals surface area contributed by atoms with Crippen molar-refractivity contribution in [2.24, 2.45) is 5.73 Å². The van der Waals surface area contributed by atoms with Gasteiger partial charge in [0, 0.05) is 37.6 Å². The minimum atomic E-state index is -0.260. The van der Waals surface area contributed by atoms with Gasteiger partial charge in [0.15, 0.2) is 0 Å². The van der Waals surface area contributed by atoms with Gasteiger partial charge in [0.05, 0.1) is 6.04 Å². The fraction of sp³-hybridized carbons (Fsp3) is 0.421. The molecule has 1 aromatic carbocycles. The van der Waals surface area contributed by atoms with E-state index in [-0.39, 0.29) is 17.9 Å². The zero-order chi connectivity index (χ0) is 18.4. The summed E-state index contributed by atoms with van der Waals surface area (Å²) in [5.74, 6) is -0.269. The average molecular weight is 355 g/mol. The first kappa shape index (κ1) is 18.1. The van der Waals surface area contributed by atoms with Gasteiger partial charge >= 0.3 is 0 Å². The Labute approximate surface area is 153 Å². The lowest BCUT2D eigenvalue weighted by atomic mass is 10.1. The summed E-state index contributed by atoms with van der Waals surface area (Å²) < 4.78 is 1.82. The van der Waals surface area contributed by atoms with Gasteiger partial charge in [-0.2, -0.15) is 5.10 Å². The number of nitrogens with one attached hydrogen (secondary N) is 1. The third-order valence-electron chi connectivity index (χ3n) is 4.64. The molecule has 0 radical (unpaired) electrons. The molecule has 1 aromatic heterocycles. The van der Waals surface area contributed by atoms with E-state index in [9.17, 15) is 9.59 Å². The number of aromatic nitrogens is 2. The number of nitrogens with zero attached hydrogens (tertiary/aromatic N) is 3. The van der Waals surface area contributed by atoms with Gasteiger partial charge in [-0.05, 0) is 49.6 Å². The quantitative estimate of drug-likeness (QED) is 0.754. The molecule has 3 rings (SSSR count). The fourth-order valence-corrected chi connectivity index (χ4v) is 3.38. The van der Waals surface area contributed by atoms with E-state index in [1.165, 1.54) is 0 Å². The second-order valence-electron chi connectivity index (χ2n) is 6.65. The van der Waals surface area contributed by atoms with Crippen LogP contribution in [0.2, 0.25) is 0 Å². The number of aryl methyl sites for hydroxylation is 1. The van der Waals surface area contributed by atoms with Crippen molar-refractivity contribution in [3.05, 3.63) is 48.3 Å². The molecule has 7 heteroatoms. The van der Waals surface area contributed by atoms with E-state index in [1.54, 1.807) is 6.20 Å². The zero-order valence-electron chi connectivity index (χ0n) is 14.8. The standard InChI is InChI=1S/C19H25N5O2/c20-19(26)17-7-2-10-23(17)14-15-5-1-6-16(13-15)22-18(25)8-3-11-24-12-4-9-21-24/h1,4-6,9,12-13,17H,2-3,7-8,10-11,14H2,(H2,20,26)(H,22,25). The first-order valence-electron chi connectivity index (χ1n) is 9.01. The number of hydrogen-bond donors (Lipinski definition) is 2. The molecule has 3 N–H and O–H groups in total. The Hall–Kier alpha value is -2.67. The van der Waals surface area contributed by atoms with Crippen molar-refractivity contribution in [2.45, 2.75) is 44.8 Å². The number of rotatable bonds is 8. The molecule has 1 fully saturated rings. The van der Waals surface area contributed by atoms with Gasteiger partial charge in [-0.25, -0.2) is 0 Å². The molecule has 2 amide bonds. The summed E-state index contributed by atoms with van der Waals surface area (Å²) in [4.78, 5) is 25.7. The topological polar surface area (TPSA) is 93.3 Å². The number of amides is 2. The summed E-state index contributed by atoms with van der Waals surface area (Å²) >= 11 is 0. The first-order chi connectivity index (χ1) is 12.6. The Balaban J connectivity index is 1.50. The van der Waals surface area contributed by atoms with Crippen LogP contribution in [-0.4, -0.2) is 39.1 Å². The minimum Gasteiger partial charge on any atom is -0.368 e. The van der Waals surface area contributed by atoms with Crippen LogP contribution in [0.4, 0.5) is 5.69 Å². The van der Waals surface area contributed by atoms with Crippen molar-refractivity contribution in [3.8, 4) is 0 Å². The lowest BCUT2D eigenvalue weighted by molar-refractivity contribution is -0.122. The third kappa shape index (κ3) is 4.92. The molecule has 0 saturated carbocycles. The number of primary amides is 1. The Morgan fingerprint density at radius 3 is 2.96 bits per heavy atom. The van der Waals surface area contributed by atoms with Crippen LogP contribution in [0.15, 0.2) is 42.7 Å². The van der Waals surface area contributed by atoms with Gasteiger partial charge in [-0.1, -0.05) is 12.1 Å². The second-order valence-corrected chi connectivity index (χ2v) is 6.65. The molecule has 1 saturated heterocycles. The Kier molecular flexibility index (Phi) is 6.01. The lowest BCUT2D eigenvalue weighted by Crippen LogP contribution is -2.39. The lowest BCUT2D eigenvalue weighted by Gasteiger charge is -2.22. The smallest absolute Gasteiger partial charge is 0.234 e. The molecule has 0 spiro atoms. The number of carbonyl (C=O) groups excluding carboxylic acids is 2. The van der Waals surface area contributed by atoms with Gasteiger partial charge in [0.1, 0.15) is 0 Å². The third-order valence-corrected chi connectivity index (χ3v) is 4.64. The molecule has 2 aromatic rings. The van der Waals surface area contributed by atoms with Crippen molar-refractivity contribution >= 4 is 17.5 Å². The molecule has 7 nitrogen and oxygen atoms in total. The van der Waals surface area contributed by atoms with Crippen LogP contribution >= 0.6 is 0 Å². The van der Waals surface area contributed by atoms with E-state index >= 15 is 0 Å². The van der Waals surface area contributed by atoms with Crippen molar-refractivity contribution < 1.29 is 9.59 Å². The highest BCUT2D eigenvalue weighted by Gasteiger charge is 2.28. The van der Waals surface area contributed by atoms with E-state index in [2.05, 4.69) is 15.3 Å². The van der Waals surface area contributed by atoms with Crippen LogP contribution in [0.3, 0.4) is 0 Å². The van der Waals surface area contributed by atoms with E-state index in [0.717, 1.165) is 43.6 Å². The number of anilines is 1. The summed E-state index contributed by atoms with van der Waals surface area (Å²) in [6.07, 6.45) is 6.61. The van der Waals surface area contributed by atoms with Crippen LogP contribution in [0.5, 0.6) is 0 Å². The van der Waals surface area contributed by atoms with Crippen molar-refractivity contribution in [1.82, 2.24) is 14.7 Å². The first-order valence-corrected chi connectivity index (χ1v) is 9.01. The Morgan fingerprint density at radius 1 is 1.31 bits per heavy atom. The van der Waals surface area contributed by atoms with Crippen LogP contribution in [-0.2, 0) is 22.7 Å². The van der Waals surface area contributed by atoms with Gasteiger partial charge in [0.25, 0.3) is 0 Å². The molecule has 2 heterocycles. The van der Waals surface area contributed by atoms with Gasteiger partial charge < -0.3 is 11.1 Å². The predicted molar refractivity (Wildman–Crippen MR) is 99.2 cm³/mol. The highest BCUT2D eigenvalue weighted by atomic mass is 16.2. The van der Waals surface area contributed by atoms with Crippen LogP contribution < -0.4 is 11.1 Å². The molecular weight excluding hydrogens is 330 g/mol. The Bertz CT molecular complexity index is 744. The number of likely N-dealkylation sites (tertiary alicyclic amines) is 1. The van der Waals surface area contributed by atoms with E-state index < -0.39 is 0 Å². The van der Waals surface area contributed by atoms with E-state index in [0.29, 0.717) is 13.0 Å². The maximum absolute atomic E-state index is 12.1. The molecular formula is C19H25N5O2. The highest BCUT2D eigenvalue weighted by Crippen LogP contribution is 2.21.